The van der Waals surface area contributed by atoms with Gasteiger partial charge in [0.25, 0.3) is 0 Å². The van der Waals surface area contributed by atoms with E-state index in [-0.39, 0.29) is 0 Å². The van der Waals surface area contributed by atoms with Crippen molar-refractivity contribution in [3.05, 3.63) is 28.8 Å². The largest absolute Gasteiger partial charge is 0.495 e. The smallest absolute Gasteiger partial charge is 0.137 e. The molecule has 5 heteroatoms. The zero-order valence-corrected chi connectivity index (χ0v) is 11.8. The Balaban J connectivity index is 2.71. The molecule has 0 aliphatic heterocycles. The lowest BCUT2D eigenvalue weighted by atomic mass is 9.96. The Morgan fingerprint density at radius 3 is 2.72 bits per heavy atom. The minimum Gasteiger partial charge on any atom is -0.495 e. The van der Waals surface area contributed by atoms with Crippen molar-refractivity contribution in [3.63, 3.8) is 0 Å². The van der Waals surface area contributed by atoms with E-state index in [0.717, 1.165) is 5.56 Å². The molecule has 0 saturated heterocycles. The van der Waals surface area contributed by atoms with Crippen LogP contribution in [0.2, 0.25) is 5.02 Å². The lowest BCUT2D eigenvalue weighted by molar-refractivity contribution is 0.0548. The van der Waals surface area contributed by atoms with Crippen molar-refractivity contribution in [2.45, 2.75) is 12.5 Å². The van der Waals surface area contributed by atoms with E-state index < -0.39 is 5.60 Å². The molecule has 0 saturated carbocycles. The molecule has 0 bridgehead atoms. The molecule has 0 aromatic heterocycles. The van der Waals surface area contributed by atoms with Crippen molar-refractivity contribution in [1.29, 1.82) is 0 Å². The highest BCUT2D eigenvalue weighted by atomic mass is 35.5. The van der Waals surface area contributed by atoms with Crippen LogP contribution in [0.4, 0.5) is 0 Å². The Hall–Kier alpha value is -0.810. The molecule has 0 heterocycles. The first-order chi connectivity index (χ1) is 8.51. The molecule has 1 rings (SSSR count). The van der Waals surface area contributed by atoms with Gasteiger partial charge in [0.05, 0.1) is 24.3 Å². The van der Waals surface area contributed by atoms with Crippen LogP contribution in [0.25, 0.3) is 0 Å². The van der Waals surface area contributed by atoms with Crippen LogP contribution < -0.4 is 10.1 Å². The number of benzene rings is 1. The molecule has 0 aliphatic rings. The molecule has 1 unspecified atom stereocenters. The third-order valence-corrected chi connectivity index (χ3v) is 3.04. The fourth-order valence-corrected chi connectivity index (χ4v) is 1.80. The van der Waals surface area contributed by atoms with Gasteiger partial charge in [0.15, 0.2) is 0 Å². The Morgan fingerprint density at radius 2 is 2.11 bits per heavy atom. The van der Waals surface area contributed by atoms with Crippen molar-refractivity contribution in [2.75, 3.05) is 33.9 Å². The topological polar surface area (TPSA) is 50.7 Å². The Labute approximate surface area is 113 Å². The maximum atomic E-state index is 10.4. The summed E-state index contributed by atoms with van der Waals surface area (Å²) in [5.41, 5.74) is -0.223. The zero-order valence-electron chi connectivity index (χ0n) is 11.0. The van der Waals surface area contributed by atoms with Crippen LogP contribution in [0.15, 0.2) is 18.2 Å². The van der Waals surface area contributed by atoms with Crippen molar-refractivity contribution >= 4 is 11.6 Å². The Bertz CT molecular complexity index is 382. The van der Waals surface area contributed by atoms with E-state index in [1.54, 1.807) is 39.3 Å². The SMILES string of the molecule is COCCNCC(C)(O)c1ccc(Cl)c(OC)c1. The molecule has 1 aromatic carbocycles. The first kappa shape index (κ1) is 15.2. The van der Waals surface area contributed by atoms with Crippen molar-refractivity contribution in [2.24, 2.45) is 0 Å². The lowest BCUT2D eigenvalue weighted by Crippen LogP contribution is -2.36. The Kier molecular flexibility index (Phi) is 5.88. The van der Waals surface area contributed by atoms with Crippen LogP contribution in [0, 0.1) is 0 Å². The van der Waals surface area contributed by atoms with Gasteiger partial charge in [-0.2, -0.15) is 0 Å². The van der Waals surface area contributed by atoms with Gasteiger partial charge in [0, 0.05) is 20.2 Å². The minimum absolute atomic E-state index is 0.432. The van der Waals surface area contributed by atoms with Crippen LogP contribution in [-0.4, -0.2) is 39.0 Å². The quantitative estimate of drug-likeness (QED) is 0.744. The second kappa shape index (κ2) is 6.95. The van der Waals surface area contributed by atoms with Gasteiger partial charge in [0.2, 0.25) is 0 Å². The van der Waals surface area contributed by atoms with Crippen LogP contribution in [0.5, 0.6) is 5.75 Å². The first-order valence-electron chi connectivity index (χ1n) is 5.77. The van der Waals surface area contributed by atoms with E-state index in [0.29, 0.717) is 30.5 Å². The van der Waals surface area contributed by atoms with Crippen molar-refractivity contribution in [1.82, 2.24) is 5.32 Å². The summed E-state index contributed by atoms with van der Waals surface area (Å²) in [5.74, 6) is 0.561. The maximum Gasteiger partial charge on any atom is 0.137 e. The molecule has 2 N–H and O–H groups in total. The zero-order chi connectivity index (χ0) is 13.6. The van der Waals surface area contributed by atoms with Gasteiger partial charge in [-0.1, -0.05) is 17.7 Å². The summed E-state index contributed by atoms with van der Waals surface area (Å²) >= 11 is 5.95. The molecular formula is C13H20ClNO3. The molecule has 0 amide bonds. The summed E-state index contributed by atoms with van der Waals surface area (Å²) < 4.78 is 10.1. The van der Waals surface area contributed by atoms with Gasteiger partial charge in [-0.3, -0.25) is 0 Å². The third kappa shape index (κ3) is 4.14. The van der Waals surface area contributed by atoms with Gasteiger partial charge in [0.1, 0.15) is 5.75 Å². The normalized spacial score (nSPS) is 14.3. The summed E-state index contributed by atoms with van der Waals surface area (Å²) in [6, 6.07) is 5.27. The first-order valence-corrected chi connectivity index (χ1v) is 6.15. The number of halogens is 1. The average molecular weight is 274 g/mol. The van der Waals surface area contributed by atoms with Crippen LogP contribution >= 0.6 is 11.6 Å². The van der Waals surface area contributed by atoms with Crippen LogP contribution in [0.1, 0.15) is 12.5 Å². The van der Waals surface area contributed by atoms with Crippen molar-refractivity contribution in [3.8, 4) is 5.75 Å². The van der Waals surface area contributed by atoms with Gasteiger partial charge < -0.3 is 19.9 Å². The standard InChI is InChI=1S/C13H20ClNO3/c1-13(16,9-15-6-7-17-2)10-4-5-11(14)12(8-10)18-3/h4-5,8,15-16H,6-7,9H2,1-3H3. The summed E-state index contributed by atoms with van der Waals surface area (Å²) in [6.07, 6.45) is 0. The second-order valence-corrected chi connectivity index (χ2v) is 4.70. The molecule has 18 heavy (non-hydrogen) atoms. The molecule has 4 nitrogen and oxygen atoms in total. The summed E-state index contributed by atoms with van der Waals surface area (Å²) in [4.78, 5) is 0. The average Bonchev–Trinajstić information content (AvgIpc) is 2.35. The van der Waals surface area contributed by atoms with E-state index in [9.17, 15) is 5.11 Å². The summed E-state index contributed by atoms with van der Waals surface area (Å²) in [6.45, 7) is 3.48. The van der Waals surface area contributed by atoms with Gasteiger partial charge in [-0.15, -0.1) is 0 Å². The van der Waals surface area contributed by atoms with E-state index in [2.05, 4.69) is 5.32 Å². The fraction of sp³-hybridized carbons (Fsp3) is 0.538. The number of hydrogen-bond acceptors (Lipinski definition) is 4. The Morgan fingerprint density at radius 1 is 1.39 bits per heavy atom. The highest BCUT2D eigenvalue weighted by Gasteiger charge is 2.23. The fourth-order valence-electron chi connectivity index (χ4n) is 1.60. The molecule has 1 aromatic rings. The second-order valence-electron chi connectivity index (χ2n) is 4.29. The van der Waals surface area contributed by atoms with Gasteiger partial charge in [-0.25, -0.2) is 0 Å². The number of nitrogens with one attached hydrogen (secondary N) is 1. The molecule has 0 fully saturated rings. The number of methoxy groups -OCH3 is 2. The molecular weight excluding hydrogens is 254 g/mol. The predicted molar refractivity (Wildman–Crippen MR) is 72.3 cm³/mol. The van der Waals surface area contributed by atoms with E-state index in [1.807, 2.05) is 0 Å². The van der Waals surface area contributed by atoms with Crippen LogP contribution in [0.3, 0.4) is 0 Å². The summed E-state index contributed by atoms with van der Waals surface area (Å²) in [5, 5.41) is 14.1. The number of ether oxygens (including phenoxy) is 2. The molecule has 102 valence electrons. The third-order valence-electron chi connectivity index (χ3n) is 2.73. The molecule has 1 atom stereocenters. The molecule has 0 spiro atoms. The van der Waals surface area contributed by atoms with E-state index in [4.69, 9.17) is 21.1 Å². The minimum atomic E-state index is -0.981. The maximum absolute atomic E-state index is 10.4. The van der Waals surface area contributed by atoms with Gasteiger partial charge in [-0.05, 0) is 24.6 Å². The lowest BCUT2D eigenvalue weighted by Gasteiger charge is -2.25. The van der Waals surface area contributed by atoms with E-state index >= 15 is 0 Å². The highest BCUT2D eigenvalue weighted by Crippen LogP contribution is 2.30. The number of aliphatic hydroxyl groups is 1. The highest BCUT2D eigenvalue weighted by molar-refractivity contribution is 6.32. The molecule has 0 radical (unpaired) electrons. The number of rotatable bonds is 7. The van der Waals surface area contributed by atoms with Crippen LogP contribution in [-0.2, 0) is 10.3 Å². The molecule has 0 aliphatic carbocycles. The van der Waals surface area contributed by atoms with Gasteiger partial charge >= 0.3 is 0 Å². The van der Waals surface area contributed by atoms with E-state index in [1.165, 1.54) is 0 Å². The summed E-state index contributed by atoms with van der Waals surface area (Å²) in [7, 11) is 3.19. The van der Waals surface area contributed by atoms with Crippen molar-refractivity contribution < 1.29 is 14.6 Å². The predicted octanol–water partition coefficient (Wildman–Crippen LogP) is 1.79. The monoisotopic (exact) mass is 273 g/mol. The number of hydrogen-bond donors (Lipinski definition) is 2.